The molecule has 4 heteroatoms. The number of aliphatic imine (C=N–C) groups is 1. The molecule has 1 N–H and O–H groups in total. The number of rotatable bonds is 9. The number of hydrogen-bond donors (Lipinski definition) is 1. The first kappa shape index (κ1) is 32.3. The first-order valence-electron chi connectivity index (χ1n) is 17.0. The molecule has 4 nitrogen and oxygen atoms in total. The van der Waals surface area contributed by atoms with Crippen molar-refractivity contribution in [3.8, 4) is 22.6 Å². The van der Waals surface area contributed by atoms with Gasteiger partial charge >= 0.3 is 0 Å². The molecule has 0 spiro atoms. The minimum atomic E-state index is 0.0506. The lowest BCUT2D eigenvalue weighted by molar-refractivity contribution is 0.808. The van der Waals surface area contributed by atoms with Crippen molar-refractivity contribution >= 4 is 41.9 Å². The van der Waals surface area contributed by atoms with Gasteiger partial charge in [0.25, 0.3) is 0 Å². The number of hydrogen-bond acceptors (Lipinski definition) is 4. The van der Waals surface area contributed by atoms with E-state index >= 15 is 0 Å². The van der Waals surface area contributed by atoms with Gasteiger partial charge in [-0.25, -0.2) is 9.97 Å². The Morgan fingerprint density at radius 3 is 2.32 bits per heavy atom. The fourth-order valence-corrected chi connectivity index (χ4v) is 6.42. The lowest BCUT2D eigenvalue weighted by atomic mass is 9.89. The highest BCUT2D eigenvalue weighted by atomic mass is 14.9. The molecule has 0 fully saturated rings. The third kappa shape index (κ3) is 7.11. The molecule has 50 heavy (non-hydrogen) atoms. The van der Waals surface area contributed by atoms with Gasteiger partial charge in [0, 0.05) is 35.0 Å². The Morgan fingerprint density at radius 1 is 0.780 bits per heavy atom. The highest BCUT2D eigenvalue weighted by molar-refractivity contribution is 6.09. The Hall–Kier alpha value is -6.26. The van der Waals surface area contributed by atoms with Crippen molar-refractivity contribution in [1.82, 2.24) is 9.97 Å². The van der Waals surface area contributed by atoms with Crippen LogP contribution in [0.2, 0.25) is 0 Å². The van der Waals surface area contributed by atoms with Gasteiger partial charge in [0.1, 0.15) is 0 Å². The maximum absolute atomic E-state index is 8.18. The van der Waals surface area contributed by atoms with Crippen molar-refractivity contribution in [2.24, 2.45) is 4.99 Å². The van der Waals surface area contributed by atoms with Gasteiger partial charge in [-0.15, -0.1) is 0 Å². The van der Waals surface area contributed by atoms with Crippen LogP contribution < -0.4 is 10.4 Å². The van der Waals surface area contributed by atoms with E-state index in [1.165, 1.54) is 17.4 Å². The smallest absolute Gasteiger partial charge is 0.160 e. The fourth-order valence-electron chi connectivity index (χ4n) is 6.42. The van der Waals surface area contributed by atoms with E-state index in [0.717, 1.165) is 80.2 Å². The Morgan fingerprint density at radius 2 is 1.58 bits per heavy atom. The standard InChI is InChI=1S/C46H38N4/c1-3-33-13-8-9-16-40(33)31-48-41-18-11-17-39(28-41)46-49-44(37-24-20-35(21-25-37)34-14-5-4-6-15-34)29-45(50-46)38-26-22-36(23-27-38)43(30-47)42-19-10-7-12-32(42)2/h3,5,7-26,28-31,38,47H,1-2,4,6,27H2/b43-42+,47-30?,48-31+. The van der Waals surface area contributed by atoms with Gasteiger partial charge in [0.05, 0.1) is 17.1 Å². The van der Waals surface area contributed by atoms with Crippen LogP contribution in [0.1, 0.15) is 47.6 Å². The third-order valence-electron chi connectivity index (χ3n) is 9.17. The Labute approximate surface area is 293 Å². The molecular formula is C46H38N4. The van der Waals surface area contributed by atoms with Crippen LogP contribution in [-0.4, -0.2) is 22.4 Å². The van der Waals surface area contributed by atoms with E-state index in [2.05, 4.69) is 79.9 Å². The summed E-state index contributed by atoms with van der Waals surface area (Å²) in [6.45, 7) is 8.12. The maximum atomic E-state index is 8.18. The first-order chi connectivity index (χ1) is 24.6. The monoisotopic (exact) mass is 646 g/mol. The predicted octanol–water partition coefficient (Wildman–Crippen LogP) is 9.82. The lowest BCUT2D eigenvalue weighted by Gasteiger charge is -2.18. The quantitative estimate of drug-likeness (QED) is 0.162. The van der Waals surface area contributed by atoms with E-state index in [0.29, 0.717) is 5.82 Å². The number of allylic oxidation sites excluding steroid dienone is 8. The Bertz CT molecular complexity index is 2350. The van der Waals surface area contributed by atoms with Crippen molar-refractivity contribution in [1.29, 1.82) is 5.41 Å². The van der Waals surface area contributed by atoms with E-state index in [-0.39, 0.29) is 5.92 Å². The minimum absolute atomic E-state index is 0.0506. The van der Waals surface area contributed by atoms with Crippen LogP contribution in [0.25, 0.3) is 46.4 Å². The summed E-state index contributed by atoms with van der Waals surface area (Å²) in [5.74, 6) is 0.707. The summed E-state index contributed by atoms with van der Waals surface area (Å²) in [5, 5.41) is 10.1. The highest BCUT2D eigenvalue weighted by Gasteiger charge is 2.18. The molecule has 242 valence electrons. The van der Waals surface area contributed by atoms with Crippen molar-refractivity contribution in [3.63, 3.8) is 0 Å². The van der Waals surface area contributed by atoms with E-state index in [1.54, 1.807) is 0 Å². The number of nitrogens with one attached hydrogen (secondary N) is 1. The van der Waals surface area contributed by atoms with Gasteiger partial charge in [-0.05, 0) is 75.7 Å². The van der Waals surface area contributed by atoms with Crippen LogP contribution in [0.5, 0.6) is 0 Å². The second-order valence-corrected chi connectivity index (χ2v) is 12.4. The topological polar surface area (TPSA) is 62.0 Å². The third-order valence-corrected chi connectivity index (χ3v) is 9.17. The van der Waals surface area contributed by atoms with Gasteiger partial charge in [0.2, 0.25) is 0 Å². The van der Waals surface area contributed by atoms with Crippen LogP contribution >= 0.6 is 0 Å². The molecular weight excluding hydrogens is 609 g/mol. The summed E-state index contributed by atoms with van der Waals surface area (Å²) in [6.07, 6.45) is 21.3. The molecule has 5 aromatic rings. The molecule has 0 radical (unpaired) electrons. The normalized spacial score (nSPS) is 16.1. The van der Waals surface area contributed by atoms with Crippen molar-refractivity contribution < 1.29 is 0 Å². The SMILES string of the molecule is C=Cc1ccccc1/C=N/c1cccc(-c2nc(-c3ccc(C4=CCCC=C4)cc3)cc(C3C=CC(/C(C=N)=c4\ccccc4=C)=CC3)n2)c1. The molecule has 0 amide bonds. The van der Waals surface area contributed by atoms with Crippen molar-refractivity contribution in [2.45, 2.75) is 25.2 Å². The van der Waals surface area contributed by atoms with Gasteiger partial charge in [-0.1, -0.05) is 141 Å². The molecule has 4 aromatic carbocycles. The molecule has 1 atom stereocenters. The summed E-state index contributed by atoms with van der Waals surface area (Å²) >= 11 is 0. The van der Waals surface area contributed by atoms with Gasteiger partial charge in [-0.2, -0.15) is 0 Å². The lowest BCUT2D eigenvalue weighted by Crippen LogP contribution is -2.26. The molecule has 2 aliphatic carbocycles. The van der Waals surface area contributed by atoms with Crippen LogP contribution in [0.4, 0.5) is 5.69 Å². The second-order valence-electron chi connectivity index (χ2n) is 12.4. The summed E-state index contributed by atoms with van der Waals surface area (Å²) in [5.41, 5.74) is 11.0. The Balaban J connectivity index is 1.26. The van der Waals surface area contributed by atoms with Crippen LogP contribution in [-0.2, 0) is 0 Å². The van der Waals surface area contributed by atoms with Crippen LogP contribution in [0, 0.1) is 5.41 Å². The number of benzene rings is 4. The summed E-state index contributed by atoms with van der Waals surface area (Å²) < 4.78 is 0. The van der Waals surface area contributed by atoms with E-state index in [1.807, 2.05) is 85.1 Å². The van der Waals surface area contributed by atoms with Gasteiger partial charge < -0.3 is 5.41 Å². The molecule has 0 aliphatic heterocycles. The van der Waals surface area contributed by atoms with Crippen molar-refractivity contribution in [2.75, 3.05) is 0 Å². The molecule has 0 saturated carbocycles. The number of nitrogens with zero attached hydrogens (tertiary/aromatic N) is 3. The molecule has 1 heterocycles. The molecule has 1 aromatic heterocycles. The number of aromatic nitrogens is 2. The highest BCUT2D eigenvalue weighted by Crippen LogP contribution is 2.33. The summed E-state index contributed by atoms with van der Waals surface area (Å²) in [6, 6.07) is 34.9. The molecule has 0 bridgehead atoms. The maximum Gasteiger partial charge on any atom is 0.160 e. The zero-order valence-corrected chi connectivity index (χ0v) is 28.0. The molecule has 1 unspecified atom stereocenters. The molecule has 7 rings (SSSR count). The largest absolute Gasteiger partial charge is 0.308 e. The minimum Gasteiger partial charge on any atom is -0.308 e. The fraction of sp³-hybridized carbons (Fsp3) is 0.0870. The average molecular weight is 647 g/mol. The molecule has 2 aliphatic rings. The predicted molar refractivity (Wildman–Crippen MR) is 211 cm³/mol. The zero-order chi connectivity index (χ0) is 34.3. The molecule has 0 saturated heterocycles. The average Bonchev–Trinajstić information content (AvgIpc) is 3.19. The van der Waals surface area contributed by atoms with E-state index < -0.39 is 0 Å². The zero-order valence-electron chi connectivity index (χ0n) is 28.0. The Kier molecular flexibility index (Phi) is 9.61. The van der Waals surface area contributed by atoms with Gasteiger partial charge in [-0.3, -0.25) is 4.99 Å². The summed E-state index contributed by atoms with van der Waals surface area (Å²) in [7, 11) is 0. The van der Waals surface area contributed by atoms with Gasteiger partial charge in [0.15, 0.2) is 5.82 Å². The first-order valence-corrected chi connectivity index (χ1v) is 17.0. The second kappa shape index (κ2) is 14.9. The van der Waals surface area contributed by atoms with Crippen LogP contribution in [0.3, 0.4) is 0 Å². The van der Waals surface area contributed by atoms with E-state index in [9.17, 15) is 0 Å². The van der Waals surface area contributed by atoms with Crippen LogP contribution in [0.15, 0.2) is 157 Å². The summed E-state index contributed by atoms with van der Waals surface area (Å²) in [4.78, 5) is 15.1. The van der Waals surface area contributed by atoms with Crippen molar-refractivity contribution in [3.05, 3.63) is 185 Å². The van der Waals surface area contributed by atoms with E-state index in [4.69, 9.17) is 20.4 Å².